The molecule has 1 aliphatic rings. The summed E-state index contributed by atoms with van der Waals surface area (Å²) in [7, 11) is 1.97. The van der Waals surface area contributed by atoms with Gasteiger partial charge in [-0.25, -0.2) is 0 Å². The zero-order chi connectivity index (χ0) is 10.6. The summed E-state index contributed by atoms with van der Waals surface area (Å²) in [5, 5.41) is 3.13. The summed E-state index contributed by atoms with van der Waals surface area (Å²) in [6, 6.07) is 0.526. The van der Waals surface area contributed by atoms with Gasteiger partial charge in [0, 0.05) is 18.5 Å². The molecular formula is C11H22N2O. The number of carbonyl (C=O) groups excluding carboxylic acids is 1. The van der Waals surface area contributed by atoms with Crippen LogP contribution in [0.25, 0.3) is 0 Å². The minimum Gasteiger partial charge on any atom is -0.339 e. The molecule has 14 heavy (non-hydrogen) atoms. The molecule has 0 bridgehead atoms. The monoisotopic (exact) mass is 198 g/mol. The van der Waals surface area contributed by atoms with E-state index >= 15 is 0 Å². The Morgan fingerprint density at radius 3 is 2.71 bits per heavy atom. The van der Waals surface area contributed by atoms with E-state index in [1.165, 1.54) is 12.8 Å². The summed E-state index contributed by atoms with van der Waals surface area (Å²) in [6.07, 6.45) is 3.52. The van der Waals surface area contributed by atoms with Crippen LogP contribution in [0, 0.1) is 5.92 Å². The van der Waals surface area contributed by atoms with Gasteiger partial charge in [0.15, 0.2) is 0 Å². The van der Waals surface area contributed by atoms with Crippen LogP contribution < -0.4 is 5.32 Å². The van der Waals surface area contributed by atoms with E-state index in [9.17, 15) is 4.79 Å². The van der Waals surface area contributed by atoms with E-state index in [2.05, 4.69) is 5.32 Å². The highest BCUT2D eigenvalue weighted by molar-refractivity contribution is 5.79. The molecule has 1 unspecified atom stereocenters. The summed E-state index contributed by atoms with van der Waals surface area (Å²) >= 11 is 0. The lowest BCUT2D eigenvalue weighted by Crippen LogP contribution is -2.52. The number of rotatable bonds is 5. The van der Waals surface area contributed by atoms with Gasteiger partial charge in [0.25, 0.3) is 0 Å². The van der Waals surface area contributed by atoms with Crippen LogP contribution in [0.2, 0.25) is 0 Å². The molecule has 1 aliphatic heterocycles. The first kappa shape index (κ1) is 11.5. The van der Waals surface area contributed by atoms with Crippen molar-refractivity contribution in [3.05, 3.63) is 0 Å². The van der Waals surface area contributed by atoms with Crippen molar-refractivity contribution in [1.29, 1.82) is 0 Å². The topological polar surface area (TPSA) is 32.3 Å². The summed E-state index contributed by atoms with van der Waals surface area (Å²) in [5.74, 6) is 0.479. The van der Waals surface area contributed by atoms with E-state index in [0.717, 1.165) is 19.5 Å². The zero-order valence-corrected chi connectivity index (χ0v) is 9.55. The minimum absolute atomic E-state index is 0.155. The Kier molecular flexibility index (Phi) is 4.39. The Morgan fingerprint density at radius 2 is 2.29 bits per heavy atom. The van der Waals surface area contributed by atoms with Gasteiger partial charge in [-0.15, -0.1) is 0 Å². The van der Waals surface area contributed by atoms with E-state index in [-0.39, 0.29) is 5.92 Å². The number of likely N-dealkylation sites (tertiary alicyclic amines) is 1. The number of amides is 1. The van der Waals surface area contributed by atoms with Crippen LogP contribution in [0.4, 0.5) is 0 Å². The molecule has 1 N–H and O–H groups in total. The predicted molar refractivity (Wildman–Crippen MR) is 58.1 cm³/mol. The Morgan fingerprint density at radius 1 is 1.57 bits per heavy atom. The van der Waals surface area contributed by atoms with Crippen LogP contribution in [-0.2, 0) is 4.79 Å². The van der Waals surface area contributed by atoms with Crippen molar-refractivity contribution in [2.45, 2.75) is 39.2 Å². The van der Waals surface area contributed by atoms with Crippen molar-refractivity contribution >= 4 is 5.91 Å². The highest BCUT2D eigenvalue weighted by atomic mass is 16.2. The summed E-state index contributed by atoms with van der Waals surface area (Å²) < 4.78 is 0. The molecule has 3 nitrogen and oxygen atoms in total. The number of nitrogens with one attached hydrogen (secondary N) is 1. The van der Waals surface area contributed by atoms with Crippen molar-refractivity contribution in [1.82, 2.24) is 10.2 Å². The van der Waals surface area contributed by atoms with Gasteiger partial charge in [0.05, 0.1) is 0 Å². The number of hydrogen-bond acceptors (Lipinski definition) is 2. The third-order valence-corrected chi connectivity index (χ3v) is 2.89. The molecular weight excluding hydrogens is 176 g/mol. The normalized spacial score (nSPS) is 21.1. The van der Waals surface area contributed by atoms with E-state index < -0.39 is 0 Å². The molecule has 0 radical (unpaired) electrons. The van der Waals surface area contributed by atoms with Crippen molar-refractivity contribution in [2.24, 2.45) is 5.92 Å². The zero-order valence-electron chi connectivity index (χ0n) is 9.55. The van der Waals surface area contributed by atoms with E-state index in [4.69, 9.17) is 0 Å². The maximum Gasteiger partial charge on any atom is 0.225 e. The molecule has 1 saturated heterocycles. The van der Waals surface area contributed by atoms with Gasteiger partial charge in [-0.05, 0) is 32.9 Å². The highest BCUT2D eigenvalue weighted by Crippen LogP contribution is 2.23. The molecule has 0 aromatic rings. The highest BCUT2D eigenvalue weighted by Gasteiger charge is 2.32. The standard InChI is InChI=1S/C11H22N2O/c1-9(2)11(14)13-8-6-10(13)5-4-7-12-3/h9-10,12H,4-8H2,1-3H3. The largest absolute Gasteiger partial charge is 0.339 e. The maximum atomic E-state index is 11.7. The molecule has 0 aliphatic carbocycles. The van der Waals surface area contributed by atoms with Crippen molar-refractivity contribution in [3.63, 3.8) is 0 Å². The van der Waals surface area contributed by atoms with Crippen LogP contribution in [0.5, 0.6) is 0 Å². The molecule has 1 atom stereocenters. The van der Waals surface area contributed by atoms with Crippen LogP contribution in [0.1, 0.15) is 33.1 Å². The average Bonchev–Trinajstić information content (AvgIpc) is 2.10. The van der Waals surface area contributed by atoms with Gasteiger partial charge in [-0.2, -0.15) is 0 Å². The van der Waals surface area contributed by atoms with E-state index in [1.807, 2.05) is 25.8 Å². The predicted octanol–water partition coefficient (Wildman–Crippen LogP) is 1.24. The third kappa shape index (κ3) is 2.71. The molecule has 82 valence electrons. The maximum absolute atomic E-state index is 11.7. The first-order chi connectivity index (χ1) is 6.66. The number of carbonyl (C=O) groups is 1. The van der Waals surface area contributed by atoms with E-state index in [1.54, 1.807) is 0 Å². The van der Waals surface area contributed by atoms with Crippen LogP contribution in [-0.4, -0.2) is 37.0 Å². The average molecular weight is 198 g/mol. The lowest BCUT2D eigenvalue weighted by atomic mass is 9.96. The van der Waals surface area contributed by atoms with Crippen LogP contribution in [0.15, 0.2) is 0 Å². The summed E-state index contributed by atoms with van der Waals surface area (Å²) in [5.41, 5.74) is 0. The Bertz CT molecular complexity index is 192. The van der Waals surface area contributed by atoms with Crippen molar-refractivity contribution in [2.75, 3.05) is 20.1 Å². The third-order valence-electron chi connectivity index (χ3n) is 2.89. The van der Waals surface area contributed by atoms with Crippen molar-refractivity contribution < 1.29 is 4.79 Å². The Hall–Kier alpha value is -0.570. The molecule has 0 aromatic carbocycles. The second-order valence-corrected chi connectivity index (χ2v) is 4.37. The van der Waals surface area contributed by atoms with Gasteiger partial charge in [0.1, 0.15) is 0 Å². The molecule has 1 fully saturated rings. The smallest absolute Gasteiger partial charge is 0.225 e. The molecule has 3 heteroatoms. The minimum atomic E-state index is 0.155. The fourth-order valence-electron chi connectivity index (χ4n) is 1.88. The van der Waals surface area contributed by atoms with Gasteiger partial charge < -0.3 is 10.2 Å². The molecule has 0 aromatic heterocycles. The fourth-order valence-corrected chi connectivity index (χ4v) is 1.88. The fraction of sp³-hybridized carbons (Fsp3) is 0.909. The molecule has 0 spiro atoms. The molecule has 1 amide bonds. The molecule has 1 heterocycles. The Balaban J connectivity index is 2.24. The molecule has 1 rings (SSSR count). The first-order valence-corrected chi connectivity index (χ1v) is 5.62. The van der Waals surface area contributed by atoms with Gasteiger partial charge in [0.2, 0.25) is 5.91 Å². The SMILES string of the molecule is CNCCCC1CCN1C(=O)C(C)C. The first-order valence-electron chi connectivity index (χ1n) is 5.62. The lowest BCUT2D eigenvalue weighted by Gasteiger charge is -2.42. The summed E-state index contributed by atoms with van der Waals surface area (Å²) in [4.78, 5) is 13.7. The summed E-state index contributed by atoms with van der Waals surface area (Å²) in [6.45, 7) is 5.98. The van der Waals surface area contributed by atoms with Gasteiger partial charge >= 0.3 is 0 Å². The molecule has 0 saturated carbocycles. The quantitative estimate of drug-likeness (QED) is 0.674. The van der Waals surface area contributed by atoms with Crippen LogP contribution in [0.3, 0.4) is 0 Å². The number of nitrogens with zero attached hydrogens (tertiary/aromatic N) is 1. The van der Waals surface area contributed by atoms with Crippen LogP contribution >= 0.6 is 0 Å². The second kappa shape index (κ2) is 5.35. The Labute approximate surface area is 86.9 Å². The lowest BCUT2D eigenvalue weighted by molar-refractivity contribution is -0.142. The second-order valence-electron chi connectivity index (χ2n) is 4.37. The van der Waals surface area contributed by atoms with E-state index in [0.29, 0.717) is 11.9 Å². The number of hydrogen-bond donors (Lipinski definition) is 1. The van der Waals surface area contributed by atoms with Gasteiger partial charge in [-0.1, -0.05) is 13.8 Å². The van der Waals surface area contributed by atoms with Crippen molar-refractivity contribution in [3.8, 4) is 0 Å². The van der Waals surface area contributed by atoms with Gasteiger partial charge in [-0.3, -0.25) is 4.79 Å².